The molecule has 30 heavy (non-hydrogen) atoms. The summed E-state index contributed by atoms with van der Waals surface area (Å²) in [6, 6.07) is 9.42. The van der Waals surface area contributed by atoms with E-state index in [1.165, 1.54) is 13.1 Å². The molecule has 1 amide bonds. The summed E-state index contributed by atoms with van der Waals surface area (Å²) >= 11 is 6.36. The van der Waals surface area contributed by atoms with Crippen molar-refractivity contribution >= 4 is 17.5 Å². The SMILES string of the molecule is CC(=O)N[C@@H](C)c1ccc(O[C@@H]2CCC(c3ccnc(OCC(F)F)c3Cl)C2)cc1. The van der Waals surface area contributed by atoms with Crippen LogP contribution in [-0.4, -0.2) is 30.0 Å². The summed E-state index contributed by atoms with van der Waals surface area (Å²) in [5, 5.41) is 3.14. The molecule has 3 rings (SSSR count). The molecule has 1 heterocycles. The Morgan fingerprint density at radius 3 is 2.67 bits per heavy atom. The maximum absolute atomic E-state index is 12.4. The number of halogens is 3. The van der Waals surface area contributed by atoms with Gasteiger partial charge in [-0.05, 0) is 61.4 Å². The molecule has 8 heteroatoms. The Morgan fingerprint density at radius 2 is 2.00 bits per heavy atom. The number of benzene rings is 1. The Balaban J connectivity index is 1.59. The first-order valence-electron chi connectivity index (χ1n) is 9.92. The van der Waals surface area contributed by atoms with Gasteiger partial charge in [-0.25, -0.2) is 13.8 Å². The molecule has 1 aromatic carbocycles. The lowest BCUT2D eigenvalue weighted by molar-refractivity contribution is -0.119. The van der Waals surface area contributed by atoms with Crippen LogP contribution in [0.25, 0.3) is 0 Å². The van der Waals surface area contributed by atoms with E-state index in [9.17, 15) is 13.6 Å². The van der Waals surface area contributed by atoms with Crippen molar-refractivity contribution in [2.45, 2.75) is 57.6 Å². The van der Waals surface area contributed by atoms with Gasteiger partial charge in [0.25, 0.3) is 6.43 Å². The highest BCUT2D eigenvalue weighted by atomic mass is 35.5. The Bertz CT molecular complexity index is 864. The van der Waals surface area contributed by atoms with Crippen LogP contribution in [0.5, 0.6) is 11.6 Å². The standard InChI is InChI=1S/C22H25ClF2N2O3/c1-13(27-14(2)28)15-3-6-17(7-4-15)30-18-8-5-16(11-18)19-9-10-26-22(21(19)23)29-12-20(24)25/h3-4,6-7,9-10,13,16,18,20H,5,8,11-12H2,1-2H3,(H,27,28)/t13-,16?,18+/m0/s1. The molecule has 162 valence electrons. The number of hydrogen-bond donors (Lipinski definition) is 1. The highest BCUT2D eigenvalue weighted by Gasteiger charge is 2.30. The minimum absolute atomic E-state index is 0.0308. The van der Waals surface area contributed by atoms with Crippen LogP contribution in [-0.2, 0) is 4.79 Å². The van der Waals surface area contributed by atoms with Crippen LogP contribution in [0.1, 0.15) is 56.2 Å². The second kappa shape index (κ2) is 10.1. The van der Waals surface area contributed by atoms with E-state index in [1.807, 2.05) is 37.3 Å². The van der Waals surface area contributed by atoms with Crippen LogP contribution < -0.4 is 14.8 Å². The molecule has 1 aromatic heterocycles. The number of nitrogens with one attached hydrogen (secondary N) is 1. The van der Waals surface area contributed by atoms with Crippen LogP contribution in [0.15, 0.2) is 36.5 Å². The maximum Gasteiger partial charge on any atom is 0.272 e. The minimum atomic E-state index is -2.58. The molecule has 5 nitrogen and oxygen atoms in total. The van der Waals surface area contributed by atoms with Crippen molar-refractivity contribution in [3.63, 3.8) is 0 Å². The summed E-state index contributed by atoms with van der Waals surface area (Å²) in [6.45, 7) is 2.69. The summed E-state index contributed by atoms with van der Waals surface area (Å²) in [5.41, 5.74) is 1.85. The van der Waals surface area contributed by atoms with Gasteiger partial charge in [-0.3, -0.25) is 4.79 Å². The summed E-state index contributed by atoms with van der Waals surface area (Å²) in [5.74, 6) is 0.889. The molecule has 1 fully saturated rings. The third-order valence-corrected chi connectivity index (χ3v) is 5.54. The normalized spacial score (nSPS) is 19.5. The number of hydrogen-bond acceptors (Lipinski definition) is 4. The Labute approximate surface area is 179 Å². The summed E-state index contributed by atoms with van der Waals surface area (Å²) < 4.78 is 36.0. The van der Waals surface area contributed by atoms with Crippen molar-refractivity contribution in [1.29, 1.82) is 0 Å². The second-order valence-electron chi connectivity index (χ2n) is 7.46. The summed E-state index contributed by atoms with van der Waals surface area (Å²) in [4.78, 5) is 15.2. The highest BCUT2D eigenvalue weighted by molar-refractivity contribution is 6.32. The van der Waals surface area contributed by atoms with Crippen LogP contribution in [0.4, 0.5) is 8.78 Å². The van der Waals surface area contributed by atoms with E-state index < -0.39 is 13.0 Å². The topological polar surface area (TPSA) is 60.5 Å². The van der Waals surface area contributed by atoms with Crippen LogP contribution in [0, 0.1) is 0 Å². The van der Waals surface area contributed by atoms with Crippen molar-refractivity contribution in [1.82, 2.24) is 10.3 Å². The monoisotopic (exact) mass is 438 g/mol. The van der Waals surface area contributed by atoms with E-state index in [0.29, 0.717) is 5.02 Å². The second-order valence-corrected chi connectivity index (χ2v) is 7.84. The largest absolute Gasteiger partial charge is 0.490 e. The van der Waals surface area contributed by atoms with Crippen LogP contribution in [0.2, 0.25) is 5.02 Å². The first-order chi connectivity index (χ1) is 14.3. The molecular formula is C22H25ClF2N2O3. The van der Waals surface area contributed by atoms with Gasteiger partial charge in [-0.15, -0.1) is 0 Å². The van der Waals surface area contributed by atoms with Gasteiger partial charge in [-0.1, -0.05) is 23.7 Å². The number of carbonyl (C=O) groups excluding carboxylic acids is 1. The number of aromatic nitrogens is 1. The molecule has 1 saturated carbocycles. The van der Waals surface area contributed by atoms with Gasteiger partial charge in [-0.2, -0.15) is 0 Å². The lowest BCUT2D eigenvalue weighted by Gasteiger charge is -2.17. The Hall–Kier alpha value is -2.41. The number of ether oxygens (including phenoxy) is 2. The predicted molar refractivity (Wildman–Crippen MR) is 110 cm³/mol. The summed E-state index contributed by atoms with van der Waals surface area (Å²) in [6.07, 6.45) is 1.49. The minimum Gasteiger partial charge on any atom is -0.490 e. The quantitative estimate of drug-likeness (QED) is 0.608. The third-order valence-electron chi connectivity index (χ3n) is 5.16. The van der Waals surface area contributed by atoms with Crippen molar-refractivity contribution in [3.8, 4) is 11.6 Å². The Morgan fingerprint density at radius 1 is 1.27 bits per heavy atom. The molecule has 1 N–H and O–H groups in total. The van der Waals surface area contributed by atoms with Gasteiger partial charge in [0, 0.05) is 13.1 Å². The zero-order valence-corrected chi connectivity index (χ0v) is 17.7. The van der Waals surface area contributed by atoms with Gasteiger partial charge in [0.1, 0.15) is 10.8 Å². The maximum atomic E-state index is 12.4. The van der Waals surface area contributed by atoms with Gasteiger partial charge in [0.15, 0.2) is 6.61 Å². The molecule has 0 radical (unpaired) electrons. The fourth-order valence-electron chi connectivity index (χ4n) is 3.74. The molecule has 3 atom stereocenters. The van der Waals surface area contributed by atoms with Crippen LogP contribution in [0.3, 0.4) is 0 Å². The van der Waals surface area contributed by atoms with E-state index in [2.05, 4.69) is 10.3 Å². The lowest BCUT2D eigenvalue weighted by atomic mass is 9.98. The molecule has 1 unspecified atom stereocenters. The first-order valence-corrected chi connectivity index (χ1v) is 10.3. The Kier molecular flexibility index (Phi) is 7.48. The molecular weight excluding hydrogens is 414 g/mol. The van der Waals surface area contributed by atoms with Crippen molar-refractivity contribution < 1.29 is 23.0 Å². The van der Waals surface area contributed by atoms with Crippen molar-refractivity contribution in [2.24, 2.45) is 0 Å². The van der Waals surface area contributed by atoms with E-state index in [0.717, 1.165) is 36.1 Å². The number of carbonyl (C=O) groups is 1. The van der Waals surface area contributed by atoms with E-state index >= 15 is 0 Å². The number of pyridine rings is 1. The zero-order valence-electron chi connectivity index (χ0n) is 16.9. The van der Waals surface area contributed by atoms with Gasteiger partial charge in [0.2, 0.25) is 11.8 Å². The molecule has 0 bridgehead atoms. The van der Waals surface area contributed by atoms with Gasteiger partial charge in [0.05, 0.1) is 12.1 Å². The average molecular weight is 439 g/mol. The van der Waals surface area contributed by atoms with Gasteiger partial charge >= 0.3 is 0 Å². The smallest absolute Gasteiger partial charge is 0.272 e. The van der Waals surface area contributed by atoms with E-state index in [4.69, 9.17) is 21.1 Å². The fourth-order valence-corrected chi connectivity index (χ4v) is 4.06. The predicted octanol–water partition coefficient (Wildman–Crippen LogP) is 5.29. The molecule has 1 aliphatic rings. The number of amides is 1. The van der Waals surface area contributed by atoms with Gasteiger partial charge < -0.3 is 14.8 Å². The summed E-state index contributed by atoms with van der Waals surface area (Å²) in [7, 11) is 0. The molecule has 2 aromatic rings. The average Bonchev–Trinajstić information content (AvgIpc) is 3.15. The van der Waals surface area contributed by atoms with Crippen molar-refractivity contribution in [2.75, 3.05) is 6.61 Å². The number of alkyl halides is 2. The molecule has 0 saturated heterocycles. The van der Waals surface area contributed by atoms with E-state index in [1.54, 1.807) is 0 Å². The molecule has 0 spiro atoms. The lowest BCUT2D eigenvalue weighted by Crippen LogP contribution is -2.23. The van der Waals surface area contributed by atoms with Crippen molar-refractivity contribution in [3.05, 3.63) is 52.7 Å². The molecule has 1 aliphatic carbocycles. The highest BCUT2D eigenvalue weighted by Crippen LogP contribution is 2.41. The first kappa shape index (κ1) is 22.3. The number of rotatable bonds is 8. The number of nitrogens with zero attached hydrogens (tertiary/aromatic N) is 1. The third kappa shape index (κ3) is 5.81. The van der Waals surface area contributed by atoms with E-state index in [-0.39, 0.29) is 29.9 Å². The fraction of sp³-hybridized carbons (Fsp3) is 0.455. The molecule has 0 aliphatic heterocycles. The zero-order chi connectivity index (χ0) is 21.7. The van der Waals surface area contributed by atoms with Crippen LogP contribution >= 0.6 is 11.6 Å².